The highest BCUT2D eigenvalue weighted by atomic mass is 19.4. The van der Waals surface area contributed by atoms with Gasteiger partial charge < -0.3 is 19.6 Å². The number of rotatable bonds is 5. The summed E-state index contributed by atoms with van der Waals surface area (Å²) >= 11 is 0. The molecule has 1 amide bonds. The molecule has 236 valence electrons. The van der Waals surface area contributed by atoms with E-state index in [1.54, 1.807) is 6.07 Å². The topological polar surface area (TPSA) is 73.3 Å². The number of hydrogen-bond acceptors (Lipinski definition) is 5. The van der Waals surface area contributed by atoms with E-state index in [1.165, 1.54) is 4.90 Å². The van der Waals surface area contributed by atoms with Crippen LogP contribution in [0.15, 0.2) is 18.2 Å². The first-order valence-electron chi connectivity index (χ1n) is 13.4. The molecule has 3 saturated heterocycles. The minimum atomic E-state index is -5.82. The molecular formula is C26H30F9N3O4. The Labute approximate surface area is 235 Å². The molecule has 0 saturated carbocycles. The van der Waals surface area contributed by atoms with Crippen molar-refractivity contribution >= 4 is 17.7 Å². The Bertz CT molecular complexity index is 1130. The summed E-state index contributed by atoms with van der Waals surface area (Å²) in [5.74, 6) is -1.11. The Balaban J connectivity index is 1.42. The minimum absolute atomic E-state index is 0.120. The second-order valence-corrected chi connectivity index (χ2v) is 11.2. The van der Waals surface area contributed by atoms with Crippen LogP contribution in [0.2, 0.25) is 0 Å². The summed E-state index contributed by atoms with van der Waals surface area (Å²) in [5, 5.41) is 9.60. The molecule has 1 aromatic carbocycles. The molecule has 3 heterocycles. The van der Waals surface area contributed by atoms with Gasteiger partial charge in [0.1, 0.15) is 6.04 Å². The molecule has 0 aromatic heterocycles. The average molecular weight is 620 g/mol. The van der Waals surface area contributed by atoms with Gasteiger partial charge in [-0.25, -0.2) is 9.59 Å². The van der Waals surface area contributed by atoms with E-state index in [0.29, 0.717) is 50.9 Å². The molecule has 42 heavy (non-hydrogen) atoms. The van der Waals surface area contributed by atoms with Gasteiger partial charge in [-0.3, -0.25) is 4.90 Å². The van der Waals surface area contributed by atoms with E-state index in [2.05, 4.69) is 4.74 Å². The number of carbonyl (C=O) groups excluding carboxylic acids is 1. The van der Waals surface area contributed by atoms with Crippen molar-refractivity contribution in [1.82, 2.24) is 9.80 Å². The van der Waals surface area contributed by atoms with Gasteiger partial charge in [0.2, 0.25) is 0 Å². The number of likely N-dealkylation sites (tertiary alicyclic amines) is 2. The fraction of sp³-hybridized carbons (Fsp3) is 0.692. The Morgan fingerprint density at radius 3 is 2.10 bits per heavy atom. The van der Waals surface area contributed by atoms with Crippen LogP contribution in [0.25, 0.3) is 0 Å². The van der Waals surface area contributed by atoms with E-state index in [0.717, 1.165) is 17.0 Å². The number of alkyl halides is 9. The number of benzene rings is 1. The van der Waals surface area contributed by atoms with Crippen molar-refractivity contribution in [3.63, 3.8) is 0 Å². The predicted octanol–water partition coefficient (Wildman–Crippen LogP) is 6.07. The Morgan fingerprint density at radius 2 is 1.52 bits per heavy atom. The van der Waals surface area contributed by atoms with E-state index in [1.807, 2.05) is 4.90 Å². The number of ether oxygens (including phenoxy) is 1. The number of carboxylic acids is 1. The first-order valence-corrected chi connectivity index (χ1v) is 13.4. The van der Waals surface area contributed by atoms with Crippen molar-refractivity contribution in [2.24, 2.45) is 5.41 Å². The van der Waals surface area contributed by atoms with Gasteiger partial charge in [0.05, 0.1) is 5.56 Å². The SMILES string of the molecule is O=C(O)C1CCCCN1c1cc(CN2CCC3(CCN(C(=O)OC(C(F)(F)F)C(F)(F)F)CC3)C2)cc(C(F)(F)F)c1. The molecule has 3 fully saturated rings. The summed E-state index contributed by atoms with van der Waals surface area (Å²) in [7, 11) is 0. The van der Waals surface area contributed by atoms with Gasteiger partial charge in [-0.05, 0) is 74.2 Å². The summed E-state index contributed by atoms with van der Waals surface area (Å²) in [6.45, 7) is 1.03. The van der Waals surface area contributed by atoms with Crippen molar-refractivity contribution in [2.75, 3.05) is 37.6 Å². The molecule has 0 bridgehead atoms. The molecule has 1 unspecified atom stereocenters. The molecule has 16 heteroatoms. The van der Waals surface area contributed by atoms with Gasteiger partial charge in [0.25, 0.3) is 6.10 Å². The van der Waals surface area contributed by atoms with Crippen molar-refractivity contribution in [3.8, 4) is 0 Å². The van der Waals surface area contributed by atoms with Crippen LogP contribution in [-0.2, 0) is 22.3 Å². The van der Waals surface area contributed by atoms with Gasteiger partial charge in [-0.1, -0.05) is 0 Å². The lowest BCUT2D eigenvalue weighted by Crippen LogP contribution is -2.50. The maximum absolute atomic E-state index is 13.8. The lowest BCUT2D eigenvalue weighted by molar-refractivity contribution is -0.308. The van der Waals surface area contributed by atoms with Crippen LogP contribution >= 0.6 is 0 Å². The summed E-state index contributed by atoms with van der Waals surface area (Å²) in [5.41, 5.74) is -0.821. The first kappa shape index (κ1) is 32.0. The highest BCUT2D eigenvalue weighted by Crippen LogP contribution is 2.43. The standard InChI is InChI=1S/C26H30F9N3O4/c27-24(28,29)17-11-16(12-18(13-17)38-7-2-1-3-19(38)20(39)40)14-36-8-4-23(15-36)5-9-37(10-6-23)22(41)42-21(25(30,31)32)26(33,34)35/h11-13,19,21H,1-10,14-15H2,(H,39,40). The van der Waals surface area contributed by atoms with E-state index >= 15 is 0 Å². The third-order valence-electron chi connectivity index (χ3n) is 8.24. The number of halogens is 9. The van der Waals surface area contributed by atoms with Crippen molar-refractivity contribution < 1.29 is 58.9 Å². The summed E-state index contributed by atoms with van der Waals surface area (Å²) in [6, 6.07) is 2.58. The lowest BCUT2D eigenvalue weighted by Gasteiger charge is -2.39. The molecular weight excluding hydrogens is 589 g/mol. The monoisotopic (exact) mass is 619 g/mol. The molecule has 7 nitrogen and oxygen atoms in total. The highest BCUT2D eigenvalue weighted by Gasteiger charge is 2.60. The fourth-order valence-electron chi connectivity index (χ4n) is 6.08. The smallest absolute Gasteiger partial charge is 0.434 e. The van der Waals surface area contributed by atoms with E-state index in [4.69, 9.17) is 0 Å². The maximum atomic E-state index is 13.8. The number of hydrogen-bond donors (Lipinski definition) is 1. The number of carbonyl (C=O) groups is 2. The molecule has 3 aliphatic heterocycles. The third kappa shape index (κ3) is 7.35. The fourth-order valence-corrected chi connectivity index (χ4v) is 6.08. The van der Waals surface area contributed by atoms with Crippen molar-refractivity contribution in [3.05, 3.63) is 29.3 Å². The normalized spacial score (nSPS) is 22.2. The van der Waals surface area contributed by atoms with Crippen LogP contribution in [0, 0.1) is 5.41 Å². The Kier molecular flexibility index (Phi) is 8.87. The average Bonchev–Trinajstić information content (AvgIpc) is 3.26. The van der Waals surface area contributed by atoms with Crippen molar-refractivity contribution in [1.29, 1.82) is 0 Å². The Hall–Kier alpha value is -2.91. The maximum Gasteiger partial charge on any atom is 0.434 e. The van der Waals surface area contributed by atoms with E-state index < -0.39 is 53.7 Å². The number of piperidine rings is 2. The van der Waals surface area contributed by atoms with Crippen LogP contribution in [0.4, 0.5) is 50.0 Å². The van der Waals surface area contributed by atoms with Gasteiger partial charge in [0, 0.05) is 38.4 Å². The van der Waals surface area contributed by atoms with Crippen LogP contribution < -0.4 is 4.90 Å². The number of aliphatic carboxylic acids is 1. The van der Waals surface area contributed by atoms with Gasteiger partial charge >= 0.3 is 30.6 Å². The molecule has 1 spiro atoms. The number of amides is 1. The molecule has 3 aliphatic rings. The summed E-state index contributed by atoms with van der Waals surface area (Å²) in [4.78, 5) is 28.1. The molecule has 1 aromatic rings. The largest absolute Gasteiger partial charge is 0.480 e. The van der Waals surface area contributed by atoms with Crippen LogP contribution in [-0.4, -0.2) is 84.2 Å². The van der Waals surface area contributed by atoms with Crippen LogP contribution in [0.1, 0.15) is 49.7 Å². The lowest BCUT2D eigenvalue weighted by atomic mass is 9.78. The Morgan fingerprint density at radius 1 is 0.905 bits per heavy atom. The van der Waals surface area contributed by atoms with Crippen LogP contribution in [0.3, 0.4) is 0 Å². The number of anilines is 1. The second-order valence-electron chi connectivity index (χ2n) is 11.2. The van der Waals surface area contributed by atoms with E-state index in [9.17, 15) is 54.2 Å². The van der Waals surface area contributed by atoms with Crippen molar-refractivity contribution in [2.45, 2.75) is 75.7 Å². The third-order valence-corrected chi connectivity index (χ3v) is 8.24. The predicted molar refractivity (Wildman–Crippen MR) is 130 cm³/mol. The van der Waals surface area contributed by atoms with Gasteiger partial charge in [-0.15, -0.1) is 0 Å². The van der Waals surface area contributed by atoms with E-state index in [-0.39, 0.29) is 38.2 Å². The highest BCUT2D eigenvalue weighted by molar-refractivity contribution is 5.78. The zero-order chi connectivity index (χ0) is 31.1. The second kappa shape index (κ2) is 11.6. The molecule has 0 aliphatic carbocycles. The van der Waals surface area contributed by atoms with Gasteiger partial charge in [-0.2, -0.15) is 39.5 Å². The molecule has 0 radical (unpaired) electrons. The summed E-state index contributed by atoms with van der Waals surface area (Å²) < 4.78 is 122. The summed E-state index contributed by atoms with van der Waals surface area (Å²) in [6.07, 6.45) is -19.5. The number of nitrogens with zero attached hydrogens (tertiary/aromatic N) is 3. The first-order chi connectivity index (χ1) is 19.4. The van der Waals surface area contributed by atoms with Crippen LogP contribution in [0.5, 0.6) is 0 Å². The van der Waals surface area contributed by atoms with Gasteiger partial charge in [0.15, 0.2) is 0 Å². The quantitative estimate of drug-likeness (QED) is 0.404. The molecule has 1 atom stereocenters. The minimum Gasteiger partial charge on any atom is -0.480 e. The zero-order valence-electron chi connectivity index (χ0n) is 22.3. The molecule has 4 rings (SSSR count). The molecule has 1 N–H and O–H groups in total. The zero-order valence-corrected chi connectivity index (χ0v) is 22.3. The number of carboxylic acid groups (broad SMARTS) is 1.